The third-order valence-electron chi connectivity index (χ3n) is 3.01. The molecule has 1 amide bonds. The maximum absolute atomic E-state index is 12.1. The van der Waals surface area contributed by atoms with Crippen LogP contribution in [0, 0.1) is 0 Å². The summed E-state index contributed by atoms with van der Waals surface area (Å²) in [5, 5.41) is 20.6. The number of hydrogen-bond acceptors (Lipinski definition) is 3. The molecule has 3 N–H and O–H groups in total. The summed E-state index contributed by atoms with van der Waals surface area (Å²) in [6.45, 7) is -0.304. The zero-order chi connectivity index (χ0) is 14.0. The van der Waals surface area contributed by atoms with E-state index in [-0.39, 0.29) is 19.1 Å². The van der Waals surface area contributed by atoms with E-state index in [0.29, 0.717) is 10.7 Å². The zero-order valence-electron chi connectivity index (χ0n) is 10.2. The number of aliphatic hydroxyl groups excluding tert-OH is 1. The SMILES string of the molecule is O=C(N[C@@H](CCO)C(=O)O)c1cc(Cl)cn1C1CC1. The van der Waals surface area contributed by atoms with Crippen molar-refractivity contribution < 1.29 is 19.8 Å². The van der Waals surface area contributed by atoms with Gasteiger partial charge < -0.3 is 20.1 Å². The fourth-order valence-corrected chi connectivity index (χ4v) is 2.11. The molecule has 0 aliphatic heterocycles. The molecule has 0 unspecified atom stereocenters. The molecule has 1 atom stereocenters. The first kappa shape index (κ1) is 13.9. The van der Waals surface area contributed by atoms with Crippen molar-refractivity contribution >= 4 is 23.5 Å². The molecule has 1 saturated carbocycles. The molecule has 19 heavy (non-hydrogen) atoms. The molecule has 0 radical (unpaired) electrons. The van der Waals surface area contributed by atoms with Crippen LogP contribution in [0.5, 0.6) is 0 Å². The van der Waals surface area contributed by atoms with Crippen LogP contribution in [0.25, 0.3) is 0 Å². The number of carboxylic acid groups (broad SMARTS) is 1. The van der Waals surface area contributed by atoms with Crippen LogP contribution in [0.4, 0.5) is 0 Å². The van der Waals surface area contributed by atoms with E-state index in [1.807, 2.05) is 0 Å². The van der Waals surface area contributed by atoms with Gasteiger partial charge in [-0.05, 0) is 18.9 Å². The third-order valence-corrected chi connectivity index (χ3v) is 3.22. The number of carbonyl (C=O) groups excluding carboxylic acids is 1. The van der Waals surface area contributed by atoms with Crippen LogP contribution in [-0.4, -0.2) is 39.3 Å². The van der Waals surface area contributed by atoms with Gasteiger partial charge in [-0.15, -0.1) is 0 Å². The lowest BCUT2D eigenvalue weighted by atomic mass is 10.2. The van der Waals surface area contributed by atoms with E-state index in [2.05, 4.69) is 5.32 Å². The van der Waals surface area contributed by atoms with E-state index >= 15 is 0 Å². The maximum atomic E-state index is 12.1. The quantitative estimate of drug-likeness (QED) is 0.729. The number of amides is 1. The molecule has 1 fully saturated rings. The number of aromatic nitrogens is 1. The Balaban J connectivity index is 2.12. The average Bonchev–Trinajstić information content (AvgIpc) is 3.11. The third kappa shape index (κ3) is 3.27. The van der Waals surface area contributed by atoms with E-state index < -0.39 is 17.9 Å². The van der Waals surface area contributed by atoms with Gasteiger partial charge in [0, 0.05) is 25.3 Å². The highest BCUT2D eigenvalue weighted by Gasteiger charge is 2.29. The Morgan fingerprint density at radius 3 is 2.74 bits per heavy atom. The van der Waals surface area contributed by atoms with E-state index in [9.17, 15) is 9.59 Å². The number of carboxylic acids is 1. The second-order valence-electron chi connectivity index (χ2n) is 4.56. The van der Waals surface area contributed by atoms with Gasteiger partial charge in [-0.25, -0.2) is 4.79 Å². The molecule has 104 valence electrons. The summed E-state index contributed by atoms with van der Waals surface area (Å²) in [6, 6.07) is 0.695. The minimum atomic E-state index is -1.17. The molecule has 1 aliphatic carbocycles. The highest BCUT2D eigenvalue weighted by Crippen LogP contribution is 2.37. The second kappa shape index (κ2) is 5.63. The summed E-state index contributed by atoms with van der Waals surface area (Å²) in [5.41, 5.74) is 0.358. The summed E-state index contributed by atoms with van der Waals surface area (Å²) < 4.78 is 1.77. The standard InChI is InChI=1S/C12H15ClN2O4/c13-7-5-10(15(6-7)8-1-2-8)11(17)14-9(3-4-16)12(18)19/h5-6,8-9,16H,1-4H2,(H,14,17)(H,18,19)/t9-/m0/s1. The fourth-order valence-electron chi connectivity index (χ4n) is 1.90. The molecule has 1 aromatic heterocycles. The minimum Gasteiger partial charge on any atom is -0.480 e. The lowest BCUT2D eigenvalue weighted by Crippen LogP contribution is -2.42. The van der Waals surface area contributed by atoms with Crippen molar-refractivity contribution in [3.63, 3.8) is 0 Å². The molecule has 0 aromatic carbocycles. The van der Waals surface area contributed by atoms with E-state index in [4.69, 9.17) is 21.8 Å². The predicted octanol–water partition coefficient (Wildman–Crippen LogP) is 1.04. The van der Waals surface area contributed by atoms with Gasteiger partial charge in [0.1, 0.15) is 11.7 Å². The van der Waals surface area contributed by atoms with Gasteiger partial charge in [0.2, 0.25) is 0 Å². The number of rotatable bonds is 6. The summed E-state index contributed by atoms with van der Waals surface area (Å²) in [4.78, 5) is 23.0. The van der Waals surface area contributed by atoms with Crippen LogP contribution in [-0.2, 0) is 4.79 Å². The number of hydrogen-bond donors (Lipinski definition) is 3. The van der Waals surface area contributed by atoms with Crippen LogP contribution in [0.1, 0.15) is 35.8 Å². The molecule has 7 heteroatoms. The van der Waals surface area contributed by atoms with Gasteiger partial charge >= 0.3 is 5.97 Å². The van der Waals surface area contributed by atoms with Crippen molar-refractivity contribution in [1.82, 2.24) is 9.88 Å². The number of halogens is 1. The zero-order valence-corrected chi connectivity index (χ0v) is 10.9. The largest absolute Gasteiger partial charge is 0.480 e. The Bertz CT molecular complexity index is 496. The minimum absolute atomic E-state index is 0.0288. The Labute approximate surface area is 115 Å². The van der Waals surface area contributed by atoms with Crippen molar-refractivity contribution in [2.45, 2.75) is 31.3 Å². The van der Waals surface area contributed by atoms with Gasteiger partial charge in [-0.2, -0.15) is 0 Å². The summed E-state index contributed by atoms with van der Waals surface area (Å²) in [7, 11) is 0. The topological polar surface area (TPSA) is 91.6 Å². The highest BCUT2D eigenvalue weighted by molar-refractivity contribution is 6.31. The normalized spacial score (nSPS) is 16.1. The number of aliphatic carboxylic acids is 1. The smallest absolute Gasteiger partial charge is 0.326 e. The highest BCUT2D eigenvalue weighted by atomic mass is 35.5. The van der Waals surface area contributed by atoms with Crippen LogP contribution >= 0.6 is 11.6 Å². The monoisotopic (exact) mass is 286 g/mol. The number of aliphatic hydroxyl groups is 1. The van der Waals surface area contributed by atoms with Gasteiger partial charge in [0.25, 0.3) is 5.91 Å². The first-order valence-electron chi connectivity index (χ1n) is 6.05. The van der Waals surface area contributed by atoms with Gasteiger partial charge in [-0.1, -0.05) is 11.6 Å². The summed E-state index contributed by atoms with van der Waals surface area (Å²) in [6.07, 6.45) is 3.63. The Kier molecular flexibility index (Phi) is 4.11. The van der Waals surface area contributed by atoms with Crippen LogP contribution in [0.15, 0.2) is 12.3 Å². The van der Waals surface area contributed by atoms with Crippen molar-refractivity contribution in [3.8, 4) is 0 Å². The molecule has 2 rings (SSSR count). The van der Waals surface area contributed by atoms with Crippen LogP contribution < -0.4 is 5.32 Å². The molecule has 0 bridgehead atoms. The van der Waals surface area contributed by atoms with Crippen molar-refractivity contribution in [2.75, 3.05) is 6.61 Å². The van der Waals surface area contributed by atoms with E-state index in [0.717, 1.165) is 12.8 Å². The number of carbonyl (C=O) groups is 2. The molecule has 6 nitrogen and oxygen atoms in total. The van der Waals surface area contributed by atoms with Gasteiger partial charge in [0.15, 0.2) is 0 Å². The number of nitrogens with zero attached hydrogens (tertiary/aromatic N) is 1. The lowest BCUT2D eigenvalue weighted by Gasteiger charge is -2.14. The maximum Gasteiger partial charge on any atom is 0.326 e. The van der Waals surface area contributed by atoms with E-state index in [1.54, 1.807) is 10.8 Å². The van der Waals surface area contributed by atoms with Crippen LogP contribution in [0.2, 0.25) is 5.02 Å². The van der Waals surface area contributed by atoms with Gasteiger partial charge in [0.05, 0.1) is 5.02 Å². The van der Waals surface area contributed by atoms with Crippen molar-refractivity contribution in [1.29, 1.82) is 0 Å². The summed E-state index contributed by atoms with van der Waals surface area (Å²) >= 11 is 5.88. The number of nitrogens with one attached hydrogen (secondary N) is 1. The van der Waals surface area contributed by atoms with Crippen molar-refractivity contribution in [2.24, 2.45) is 0 Å². The Morgan fingerprint density at radius 1 is 1.53 bits per heavy atom. The summed E-state index contributed by atoms with van der Waals surface area (Å²) in [5.74, 6) is -1.65. The molecular formula is C12H15ClN2O4. The molecule has 0 spiro atoms. The molecule has 1 aromatic rings. The molecule has 0 saturated heterocycles. The second-order valence-corrected chi connectivity index (χ2v) is 5.00. The molecule has 1 aliphatic rings. The van der Waals surface area contributed by atoms with Gasteiger partial charge in [-0.3, -0.25) is 4.79 Å². The van der Waals surface area contributed by atoms with E-state index in [1.165, 1.54) is 6.07 Å². The van der Waals surface area contributed by atoms with Crippen LogP contribution in [0.3, 0.4) is 0 Å². The Hall–Kier alpha value is -1.53. The molecular weight excluding hydrogens is 272 g/mol. The first-order chi connectivity index (χ1) is 9.02. The fraction of sp³-hybridized carbons (Fsp3) is 0.500. The average molecular weight is 287 g/mol. The lowest BCUT2D eigenvalue weighted by molar-refractivity contribution is -0.139. The Morgan fingerprint density at radius 2 is 2.21 bits per heavy atom. The van der Waals surface area contributed by atoms with Crippen molar-refractivity contribution in [3.05, 3.63) is 23.0 Å². The predicted molar refractivity (Wildman–Crippen MR) is 68.3 cm³/mol. The first-order valence-corrected chi connectivity index (χ1v) is 6.42. The molecule has 1 heterocycles.